The van der Waals surface area contributed by atoms with Crippen molar-refractivity contribution in [2.24, 2.45) is 0 Å². The summed E-state index contributed by atoms with van der Waals surface area (Å²) in [5.41, 5.74) is 1.12. The molecule has 0 amide bonds. The van der Waals surface area contributed by atoms with Crippen molar-refractivity contribution in [3.05, 3.63) is 20.6 Å². The fourth-order valence-corrected chi connectivity index (χ4v) is 2.13. The van der Waals surface area contributed by atoms with Crippen LogP contribution < -0.4 is 0 Å². The lowest BCUT2D eigenvalue weighted by Crippen LogP contribution is -2.08. The van der Waals surface area contributed by atoms with Gasteiger partial charge in [-0.2, -0.15) is 0 Å². The average Bonchev–Trinajstić information content (AvgIpc) is 2.35. The van der Waals surface area contributed by atoms with Crippen molar-refractivity contribution in [2.45, 2.75) is 26.2 Å². The molecular weight excluding hydrogens is 316 g/mol. The smallest absolute Gasteiger partial charge is 0.144 e. The van der Waals surface area contributed by atoms with Crippen molar-refractivity contribution in [3.63, 3.8) is 0 Å². The van der Waals surface area contributed by atoms with Gasteiger partial charge in [0.25, 0.3) is 0 Å². The van der Waals surface area contributed by atoms with E-state index in [4.69, 9.17) is 21.7 Å². The zero-order valence-corrected chi connectivity index (χ0v) is 13.2. The average molecular weight is 335 g/mol. The van der Waals surface area contributed by atoms with Gasteiger partial charge >= 0.3 is 0 Å². The molecule has 0 aliphatic carbocycles. The summed E-state index contributed by atoms with van der Waals surface area (Å²) >= 11 is 8.70. The van der Waals surface area contributed by atoms with Gasteiger partial charge in [-0.15, -0.1) is 0 Å². The van der Waals surface area contributed by atoms with Crippen molar-refractivity contribution in [2.75, 3.05) is 26.9 Å². The van der Waals surface area contributed by atoms with Gasteiger partial charge < -0.3 is 14.5 Å². The van der Waals surface area contributed by atoms with Gasteiger partial charge in [0.15, 0.2) is 0 Å². The zero-order valence-electron chi connectivity index (χ0n) is 10.8. The van der Waals surface area contributed by atoms with Crippen LogP contribution in [0.4, 0.5) is 0 Å². The van der Waals surface area contributed by atoms with Crippen LogP contribution in [0.5, 0.6) is 0 Å². The van der Waals surface area contributed by atoms with E-state index in [1.807, 2.05) is 0 Å². The van der Waals surface area contributed by atoms with Crippen LogP contribution in [-0.4, -0.2) is 36.9 Å². The van der Waals surface area contributed by atoms with Crippen LogP contribution >= 0.6 is 28.1 Å². The first-order valence-electron chi connectivity index (χ1n) is 6.03. The Morgan fingerprint density at radius 1 is 1.28 bits per heavy atom. The van der Waals surface area contributed by atoms with Crippen molar-refractivity contribution in [3.8, 4) is 0 Å². The number of nitrogens with one attached hydrogen (secondary N) is 1. The molecule has 6 heteroatoms. The van der Waals surface area contributed by atoms with Crippen LogP contribution in [0.15, 0.2) is 4.47 Å². The summed E-state index contributed by atoms with van der Waals surface area (Å²) in [4.78, 5) is 7.64. The van der Waals surface area contributed by atoms with E-state index in [2.05, 4.69) is 32.8 Å². The Kier molecular flexibility index (Phi) is 7.65. The van der Waals surface area contributed by atoms with Crippen molar-refractivity contribution < 1.29 is 9.47 Å². The first-order chi connectivity index (χ1) is 8.69. The third kappa shape index (κ3) is 5.14. The summed E-state index contributed by atoms with van der Waals surface area (Å²) in [5.74, 6) is 0.879. The summed E-state index contributed by atoms with van der Waals surface area (Å²) in [6.07, 6.45) is 2.76. The Morgan fingerprint density at radius 2 is 2.06 bits per heavy atom. The molecule has 0 saturated heterocycles. The summed E-state index contributed by atoms with van der Waals surface area (Å²) in [6.45, 7) is 3.98. The topological polar surface area (TPSA) is 47.1 Å². The number of aromatic amines is 1. The maximum Gasteiger partial charge on any atom is 0.144 e. The van der Waals surface area contributed by atoms with Gasteiger partial charge in [-0.25, -0.2) is 4.98 Å². The summed E-state index contributed by atoms with van der Waals surface area (Å²) in [7, 11) is 1.66. The molecule has 1 N–H and O–H groups in total. The molecule has 0 fully saturated rings. The highest BCUT2D eigenvalue weighted by Crippen LogP contribution is 2.17. The molecule has 4 nitrogen and oxygen atoms in total. The monoisotopic (exact) mass is 334 g/mol. The van der Waals surface area contributed by atoms with Crippen molar-refractivity contribution in [1.29, 1.82) is 0 Å². The van der Waals surface area contributed by atoms with E-state index < -0.39 is 0 Å². The normalized spacial score (nSPS) is 10.8. The molecule has 0 unspecified atom stereocenters. The minimum absolute atomic E-state index is 0.607. The number of aromatic nitrogens is 2. The Labute approximate surface area is 121 Å². The van der Waals surface area contributed by atoms with Gasteiger partial charge in [0, 0.05) is 19.2 Å². The van der Waals surface area contributed by atoms with Gasteiger partial charge in [0.05, 0.1) is 24.3 Å². The minimum atomic E-state index is 0.607. The largest absolute Gasteiger partial charge is 0.382 e. The Hall–Kier alpha value is -0.300. The fourth-order valence-electron chi connectivity index (χ4n) is 1.51. The number of rotatable bonds is 8. The molecule has 0 bridgehead atoms. The van der Waals surface area contributed by atoms with E-state index in [0.29, 0.717) is 24.5 Å². The van der Waals surface area contributed by atoms with Gasteiger partial charge in [-0.1, -0.05) is 25.6 Å². The van der Waals surface area contributed by atoms with Crippen LogP contribution in [0.1, 0.15) is 24.9 Å². The lowest BCUT2D eigenvalue weighted by Gasteiger charge is -2.08. The first-order valence-corrected chi connectivity index (χ1v) is 7.23. The molecule has 0 aliphatic rings. The Balaban J connectivity index is 2.58. The molecule has 18 heavy (non-hydrogen) atoms. The number of aryl methyl sites for hydroxylation is 1. The van der Waals surface area contributed by atoms with Crippen LogP contribution in [-0.2, 0) is 22.3 Å². The molecular formula is C12H19BrN2O2S. The predicted octanol–water partition coefficient (Wildman–Crippen LogP) is 3.06. The molecule has 1 aromatic heterocycles. The number of nitrogens with zero attached hydrogens (tertiary/aromatic N) is 1. The quantitative estimate of drug-likeness (QED) is 0.586. The number of hydrogen-bond acceptors (Lipinski definition) is 4. The van der Waals surface area contributed by atoms with E-state index in [9.17, 15) is 0 Å². The Bertz CT molecular complexity index is 423. The number of halogens is 1. The summed E-state index contributed by atoms with van der Waals surface area (Å²) in [6, 6.07) is 0. The first kappa shape index (κ1) is 15.8. The van der Waals surface area contributed by atoms with Gasteiger partial charge in [0.1, 0.15) is 10.5 Å². The molecule has 1 heterocycles. The van der Waals surface area contributed by atoms with E-state index in [1.54, 1.807) is 7.11 Å². The van der Waals surface area contributed by atoms with Gasteiger partial charge in [-0.3, -0.25) is 0 Å². The second-order valence-corrected chi connectivity index (χ2v) is 5.07. The van der Waals surface area contributed by atoms with Crippen LogP contribution in [0.3, 0.4) is 0 Å². The second kappa shape index (κ2) is 8.74. The number of hydrogen-bond donors (Lipinski definition) is 1. The van der Waals surface area contributed by atoms with Crippen LogP contribution in [0.2, 0.25) is 0 Å². The highest BCUT2D eigenvalue weighted by molar-refractivity contribution is 9.10. The van der Waals surface area contributed by atoms with E-state index >= 15 is 0 Å². The predicted molar refractivity (Wildman–Crippen MR) is 77.5 cm³/mol. The third-order valence-corrected chi connectivity index (χ3v) is 3.81. The summed E-state index contributed by atoms with van der Waals surface area (Å²) in [5, 5.41) is 0. The van der Waals surface area contributed by atoms with Gasteiger partial charge in [-0.05, 0) is 22.4 Å². The van der Waals surface area contributed by atoms with Crippen LogP contribution in [0, 0.1) is 4.64 Å². The Morgan fingerprint density at radius 3 is 2.72 bits per heavy atom. The highest BCUT2D eigenvalue weighted by Gasteiger charge is 2.05. The molecule has 0 radical (unpaired) electrons. The number of H-pyrrole nitrogens is 1. The van der Waals surface area contributed by atoms with E-state index in [-0.39, 0.29) is 0 Å². The molecule has 0 aromatic carbocycles. The molecule has 0 atom stereocenters. The van der Waals surface area contributed by atoms with Crippen molar-refractivity contribution in [1.82, 2.24) is 9.97 Å². The lowest BCUT2D eigenvalue weighted by molar-refractivity contribution is 0.0716. The SMILES string of the molecule is CCCc1[nH]c(CCOCCOC)nc(=S)c1Br. The standard InChI is InChI=1S/C12H19BrN2O2S/c1-3-4-9-11(13)12(18)15-10(14-9)5-6-17-8-7-16-2/h3-8H2,1-2H3,(H,14,15,18). The van der Waals surface area contributed by atoms with E-state index in [0.717, 1.165) is 35.3 Å². The van der Waals surface area contributed by atoms with Crippen molar-refractivity contribution >= 4 is 28.1 Å². The minimum Gasteiger partial charge on any atom is -0.382 e. The molecule has 1 aromatic rings. The third-order valence-electron chi connectivity index (χ3n) is 2.40. The molecule has 0 saturated carbocycles. The maximum absolute atomic E-state index is 5.42. The molecule has 0 aliphatic heterocycles. The number of ether oxygens (including phenoxy) is 2. The van der Waals surface area contributed by atoms with E-state index in [1.165, 1.54) is 0 Å². The molecule has 102 valence electrons. The number of methoxy groups -OCH3 is 1. The van der Waals surface area contributed by atoms with Gasteiger partial charge in [0.2, 0.25) is 0 Å². The molecule has 1 rings (SSSR count). The fraction of sp³-hybridized carbons (Fsp3) is 0.667. The summed E-state index contributed by atoms with van der Waals surface area (Å²) < 4.78 is 11.8. The highest BCUT2D eigenvalue weighted by atomic mass is 79.9. The lowest BCUT2D eigenvalue weighted by atomic mass is 10.2. The zero-order chi connectivity index (χ0) is 13.4. The second-order valence-electron chi connectivity index (χ2n) is 3.89. The molecule has 0 spiro atoms. The van der Waals surface area contributed by atoms with Crippen LogP contribution in [0.25, 0.3) is 0 Å². The maximum atomic E-state index is 5.42.